The van der Waals surface area contributed by atoms with Gasteiger partial charge < -0.3 is 10.1 Å². The number of rotatable bonds is 4. The quantitative estimate of drug-likeness (QED) is 0.804. The van der Waals surface area contributed by atoms with Gasteiger partial charge >= 0.3 is 0 Å². The van der Waals surface area contributed by atoms with E-state index in [0.29, 0.717) is 17.5 Å². The first-order valence-corrected chi connectivity index (χ1v) is 4.35. The minimum absolute atomic E-state index is 0.123. The Hall–Kier alpha value is -0.870. The molecule has 1 rings (SSSR count). The second kappa shape index (κ2) is 4.99. The molecule has 0 saturated heterocycles. The van der Waals surface area contributed by atoms with E-state index in [1.165, 1.54) is 0 Å². The molecule has 0 aliphatic heterocycles. The zero-order valence-electron chi connectivity index (χ0n) is 7.62. The van der Waals surface area contributed by atoms with Crippen LogP contribution in [0, 0.1) is 0 Å². The maximum atomic E-state index is 5.77. The maximum Gasteiger partial charge on any atom is 0.171 e. The Morgan fingerprint density at radius 3 is 2.85 bits per heavy atom. The van der Waals surface area contributed by atoms with Gasteiger partial charge in [0.05, 0.1) is 6.10 Å². The van der Waals surface area contributed by atoms with Crippen LogP contribution in [0.4, 0.5) is 5.82 Å². The lowest BCUT2D eigenvalue weighted by Crippen LogP contribution is -2.18. The molecule has 13 heavy (non-hydrogen) atoms. The summed E-state index contributed by atoms with van der Waals surface area (Å²) in [5, 5.41) is 3.41. The molecule has 0 aliphatic rings. The standard InChI is InChI=1S/C8H12ClN3O/c1-6(13-2)5-12-8-7(9)10-3-4-11-8/h3-4,6H,5H2,1-2H3,(H,11,12). The van der Waals surface area contributed by atoms with E-state index in [0.717, 1.165) is 0 Å². The molecule has 0 bridgehead atoms. The number of methoxy groups -OCH3 is 1. The number of hydrogen-bond acceptors (Lipinski definition) is 4. The molecular weight excluding hydrogens is 190 g/mol. The van der Waals surface area contributed by atoms with E-state index in [1.54, 1.807) is 19.5 Å². The highest BCUT2D eigenvalue weighted by Crippen LogP contribution is 2.13. The summed E-state index contributed by atoms with van der Waals surface area (Å²) in [4.78, 5) is 7.91. The molecule has 0 spiro atoms. The smallest absolute Gasteiger partial charge is 0.171 e. The fraction of sp³-hybridized carbons (Fsp3) is 0.500. The van der Waals surface area contributed by atoms with Crippen LogP contribution in [-0.4, -0.2) is 29.7 Å². The second-order valence-electron chi connectivity index (χ2n) is 2.62. The highest BCUT2D eigenvalue weighted by Gasteiger charge is 2.03. The summed E-state index contributed by atoms with van der Waals surface area (Å²) in [7, 11) is 1.66. The summed E-state index contributed by atoms with van der Waals surface area (Å²) < 4.78 is 5.06. The molecular formula is C8H12ClN3O. The molecule has 0 aromatic carbocycles. The zero-order chi connectivity index (χ0) is 9.68. The average Bonchev–Trinajstić information content (AvgIpc) is 2.16. The number of aromatic nitrogens is 2. The fourth-order valence-electron chi connectivity index (χ4n) is 0.763. The molecule has 72 valence electrons. The largest absolute Gasteiger partial charge is 0.380 e. The molecule has 1 N–H and O–H groups in total. The van der Waals surface area contributed by atoms with Crippen molar-refractivity contribution in [2.75, 3.05) is 19.0 Å². The van der Waals surface area contributed by atoms with Crippen LogP contribution in [0.5, 0.6) is 0 Å². The van der Waals surface area contributed by atoms with E-state index in [2.05, 4.69) is 15.3 Å². The van der Waals surface area contributed by atoms with Crippen molar-refractivity contribution in [3.05, 3.63) is 17.5 Å². The summed E-state index contributed by atoms with van der Waals surface area (Å²) in [6.45, 7) is 2.62. The predicted octanol–water partition coefficient (Wildman–Crippen LogP) is 1.58. The van der Waals surface area contributed by atoms with E-state index >= 15 is 0 Å². The van der Waals surface area contributed by atoms with Crippen LogP contribution in [0.15, 0.2) is 12.4 Å². The summed E-state index contributed by atoms with van der Waals surface area (Å²) in [5.74, 6) is 0.591. The molecule has 0 amide bonds. The molecule has 4 nitrogen and oxygen atoms in total. The van der Waals surface area contributed by atoms with Crippen LogP contribution >= 0.6 is 11.6 Å². The summed E-state index contributed by atoms with van der Waals surface area (Å²) >= 11 is 5.77. The van der Waals surface area contributed by atoms with Gasteiger partial charge in [0.25, 0.3) is 0 Å². The lowest BCUT2D eigenvalue weighted by Gasteiger charge is -2.11. The molecule has 1 heterocycles. The van der Waals surface area contributed by atoms with Gasteiger partial charge in [0.15, 0.2) is 11.0 Å². The van der Waals surface area contributed by atoms with Crippen molar-refractivity contribution in [2.45, 2.75) is 13.0 Å². The molecule has 0 fully saturated rings. The fourth-order valence-corrected chi connectivity index (χ4v) is 0.935. The molecule has 1 aromatic rings. The molecule has 0 aliphatic carbocycles. The normalized spacial score (nSPS) is 12.5. The van der Waals surface area contributed by atoms with Crippen LogP contribution in [0.3, 0.4) is 0 Å². The number of anilines is 1. The van der Waals surface area contributed by atoms with Crippen molar-refractivity contribution in [1.29, 1.82) is 0 Å². The van der Waals surface area contributed by atoms with Crippen molar-refractivity contribution >= 4 is 17.4 Å². The summed E-state index contributed by atoms with van der Waals surface area (Å²) in [6, 6.07) is 0. The Balaban J connectivity index is 2.50. The van der Waals surface area contributed by atoms with Crippen LogP contribution in [0.25, 0.3) is 0 Å². The minimum atomic E-state index is 0.123. The van der Waals surface area contributed by atoms with Crippen molar-refractivity contribution in [1.82, 2.24) is 9.97 Å². The minimum Gasteiger partial charge on any atom is -0.380 e. The number of hydrogen-bond donors (Lipinski definition) is 1. The molecule has 1 atom stereocenters. The van der Waals surface area contributed by atoms with Gasteiger partial charge in [-0.05, 0) is 6.92 Å². The van der Waals surface area contributed by atoms with Gasteiger partial charge in [-0.25, -0.2) is 9.97 Å². The van der Waals surface area contributed by atoms with Crippen molar-refractivity contribution in [3.63, 3.8) is 0 Å². The predicted molar refractivity (Wildman–Crippen MR) is 52.0 cm³/mol. The molecule has 5 heteroatoms. The van der Waals surface area contributed by atoms with Gasteiger partial charge in [0, 0.05) is 26.0 Å². The number of nitrogens with zero attached hydrogens (tertiary/aromatic N) is 2. The highest BCUT2D eigenvalue weighted by atomic mass is 35.5. The third-order valence-corrected chi connectivity index (χ3v) is 1.89. The lowest BCUT2D eigenvalue weighted by atomic mass is 10.4. The van der Waals surface area contributed by atoms with E-state index in [1.807, 2.05) is 6.92 Å². The van der Waals surface area contributed by atoms with Crippen LogP contribution in [0.1, 0.15) is 6.92 Å². The topological polar surface area (TPSA) is 47.0 Å². The van der Waals surface area contributed by atoms with E-state index in [-0.39, 0.29) is 6.10 Å². The van der Waals surface area contributed by atoms with Gasteiger partial charge in [-0.3, -0.25) is 0 Å². The Morgan fingerprint density at radius 2 is 2.23 bits per heavy atom. The van der Waals surface area contributed by atoms with Gasteiger partial charge in [-0.15, -0.1) is 0 Å². The summed E-state index contributed by atoms with van der Waals surface area (Å²) in [5.41, 5.74) is 0. The van der Waals surface area contributed by atoms with E-state index < -0.39 is 0 Å². The number of ether oxygens (including phenoxy) is 1. The van der Waals surface area contributed by atoms with Crippen LogP contribution in [-0.2, 0) is 4.74 Å². The first-order valence-electron chi connectivity index (χ1n) is 3.97. The monoisotopic (exact) mass is 201 g/mol. The summed E-state index contributed by atoms with van der Waals surface area (Å²) in [6.07, 6.45) is 3.26. The highest BCUT2D eigenvalue weighted by molar-refractivity contribution is 6.31. The zero-order valence-corrected chi connectivity index (χ0v) is 8.38. The van der Waals surface area contributed by atoms with Crippen molar-refractivity contribution < 1.29 is 4.74 Å². The average molecular weight is 202 g/mol. The van der Waals surface area contributed by atoms with E-state index in [9.17, 15) is 0 Å². The number of nitrogens with one attached hydrogen (secondary N) is 1. The first kappa shape index (κ1) is 10.2. The molecule has 1 aromatic heterocycles. The van der Waals surface area contributed by atoms with Gasteiger partial charge in [0.1, 0.15) is 0 Å². The Morgan fingerprint density at radius 1 is 1.54 bits per heavy atom. The van der Waals surface area contributed by atoms with Gasteiger partial charge in [-0.2, -0.15) is 0 Å². The number of halogens is 1. The van der Waals surface area contributed by atoms with Gasteiger partial charge in [0.2, 0.25) is 0 Å². The van der Waals surface area contributed by atoms with Crippen LogP contribution in [0.2, 0.25) is 5.15 Å². The van der Waals surface area contributed by atoms with Crippen LogP contribution < -0.4 is 5.32 Å². The molecule has 0 saturated carbocycles. The lowest BCUT2D eigenvalue weighted by molar-refractivity contribution is 0.128. The molecule has 0 radical (unpaired) electrons. The van der Waals surface area contributed by atoms with Crippen molar-refractivity contribution in [3.8, 4) is 0 Å². The molecule has 1 unspecified atom stereocenters. The second-order valence-corrected chi connectivity index (χ2v) is 2.98. The first-order chi connectivity index (χ1) is 6.24. The Kier molecular flexibility index (Phi) is 3.92. The van der Waals surface area contributed by atoms with Crippen molar-refractivity contribution in [2.24, 2.45) is 0 Å². The van der Waals surface area contributed by atoms with E-state index in [4.69, 9.17) is 16.3 Å². The SMILES string of the molecule is COC(C)CNc1nccnc1Cl. The Labute approximate surface area is 82.3 Å². The third-order valence-electron chi connectivity index (χ3n) is 1.61. The Bertz CT molecular complexity index is 269. The third kappa shape index (κ3) is 3.16. The maximum absolute atomic E-state index is 5.77. The van der Waals surface area contributed by atoms with Gasteiger partial charge in [-0.1, -0.05) is 11.6 Å².